The molecule has 0 unspecified atom stereocenters. The maximum absolute atomic E-state index is 11.9. The number of amides is 1. The Labute approximate surface area is 160 Å². The second kappa shape index (κ2) is 8.46. The van der Waals surface area contributed by atoms with Crippen LogP contribution in [0.1, 0.15) is 5.56 Å². The van der Waals surface area contributed by atoms with Crippen LogP contribution < -0.4 is 19.5 Å². The smallest absolute Gasteiger partial charge is 0.331 e. The molecule has 1 heterocycles. The van der Waals surface area contributed by atoms with Crippen LogP contribution in [-0.4, -0.2) is 32.4 Å². The van der Waals surface area contributed by atoms with Crippen molar-refractivity contribution >= 4 is 35.2 Å². The van der Waals surface area contributed by atoms with Crippen LogP contribution in [0.15, 0.2) is 42.5 Å². The van der Waals surface area contributed by atoms with Crippen molar-refractivity contribution in [3.63, 3.8) is 0 Å². The molecule has 1 aliphatic heterocycles. The van der Waals surface area contributed by atoms with Crippen molar-refractivity contribution in [2.75, 3.05) is 25.8 Å². The van der Waals surface area contributed by atoms with Gasteiger partial charge in [-0.05, 0) is 42.0 Å². The predicted molar refractivity (Wildman–Crippen MR) is 99.2 cm³/mol. The number of fused-ring (bicyclic) bond motifs is 1. The van der Waals surface area contributed by atoms with Crippen LogP contribution in [0, 0.1) is 0 Å². The van der Waals surface area contributed by atoms with Gasteiger partial charge < -0.3 is 24.3 Å². The molecule has 3 rings (SSSR count). The largest absolute Gasteiger partial charge is 0.495 e. The fraction of sp³-hybridized carbons (Fsp3) is 0.158. The first-order valence-electron chi connectivity index (χ1n) is 7.93. The topological polar surface area (TPSA) is 83.1 Å². The molecule has 1 aliphatic rings. The molecule has 0 fully saturated rings. The summed E-state index contributed by atoms with van der Waals surface area (Å²) in [4.78, 5) is 23.6. The third-order valence-corrected chi connectivity index (χ3v) is 3.88. The summed E-state index contributed by atoms with van der Waals surface area (Å²) < 4.78 is 20.4. The van der Waals surface area contributed by atoms with Crippen LogP contribution in [0.2, 0.25) is 5.02 Å². The van der Waals surface area contributed by atoms with Gasteiger partial charge in [-0.2, -0.15) is 0 Å². The van der Waals surface area contributed by atoms with Gasteiger partial charge in [0.05, 0.1) is 12.1 Å². The van der Waals surface area contributed by atoms with Crippen molar-refractivity contribution < 1.29 is 28.5 Å². The van der Waals surface area contributed by atoms with Gasteiger partial charge in [-0.1, -0.05) is 17.7 Å². The van der Waals surface area contributed by atoms with E-state index in [1.54, 1.807) is 42.5 Å². The number of methoxy groups -OCH3 is 1. The molecule has 0 radical (unpaired) electrons. The molecule has 1 amide bonds. The maximum atomic E-state index is 11.9. The van der Waals surface area contributed by atoms with Gasteiger partial charge in [0.1, 0.15) is 5.75 Å². The normalized spacial score (nSPS) is 12.1. The van der Waals surface area contributed by atoms with Gasteiger partial charge in [0.2, 0.25) is 6.79 Å². The number of ether oxygens (including phenoxy) is 4. The number of nitrogens with one attached hydrogen (secondary N) is 1. The van der Waals surface area contributed by atoms with E-state index < -0.39 is 18.5 Å². The van der Waals surface area contributed by atoms with E-state index in [0.717, 1.165) is 5.56 Å². The SMILES string of the molecule is COc1ccc(NC(=O)COC(=O)/C=C/c2ccc3c(c2)OCO3)cc1Cl. The number of esters is 1. The zero-order chi connectivity index (χ0) is 19.2. The van der Waals surface area contributed by atoms with E-state index in [1.165, 1.54) is 13.2 Å². The van der Waals surface area contributed by atoms with Crippen LogP contribution >= 0.6 is 11.6 Å². The fourth-order valence-electron chi connectivity index (χ4n) is 2.31. The first kappa shape index (κ1) is 18.6. The standard InChI is InChI=1S/C19H16ClNO6/c1-24-15-6-4-13(9-14(15)20)21-18(22)10-25-19(23)7-3-12-2-5-16-17(8-12)27-11-26-16/h2-9H,10-11H2,1H3,(H,21,22)/b7-3+. The number of rotatable bonds is 6. The molecule has 2 aromatic rings. The molecule has 0 aliphatic carbocycles. The summed E-state index contributed by atoms with van der Waals surface area (Å²) in [7, 11) is 1.50. The number of benzene rings is 2. The molecular formula is C19H16ClNO6. The summed E-state index contributed by atoms with van der Waals surface area (Å²) in [5, 5.41) is 2.94. The lowest BCUT2D eigenvalue weighted by Crippen LogP contribution is -2.20. The van der Waals surface area contributed by atoms with Crippen LogP contribution in [-0.2, 0) is 14.3 Å². The Kier molecular flexibility index (Phi) is 5.83. The maximum Gasteiger partial charge on any atom is 0.331 e. The second-order valence-electron chi connectivity index (χ2n) is 5.45. The van der Waals surface area contributed by atoms with Crippen LogP contribution in [0.5, 0.6) is 17.2 Å². The van der Waals surface area contributed by atoms with Gasteiger partial charge in [-0.25, -0.2) is 4.79 Å². The lowest BCUT2D eigenvalue weighted by atomic mass is 10.2. The highest BCUT2D eigenvalue weighted by atomic mass is 35.5. The third kappa shape index (κ3) is 4.92. The lowest BCUT2D eigenvalue weighted by Gasteiger charge is -2.08. The molecule has 0 saturated carbocycles. The average molecular weight is 390 g/mol. The molecule has 0 saturated heterocycles. The van der Waals surface area contributed by atoms with Crippen molar-refractivity contribution in [2.45, 2.75) is 0 Å². The highest BCUT2D eigenvalue weighted by molar-refractivity contribution is 6.32. The molecule has 8 heteroatoms. The lowest BCUT2D eigenvalue weighted by molar-refractivity contribution is -0.142. The molecule has 0 spiro atoms. The minimum absolute atomic E-state index is 0.180. The average Bonchev–Trinajstić information content (AvgIpc) is 3.12. The first-order valence-corrected chi connectivity index (χ1v) is 8.31. The number of halogens is 1. The molecule has 1 N–H and O–H groups in total. The van der Waals surface area contributed by atoms with E-state index in [4.69, 9.17) is 30.5 Å². The molecule has 2 aromatic carbocycles. The summed E-state index contributed by atoms with van der Waals surface area (Å²) in [5.41, 5.74) is 1.21. The molecule has 0 aromatic heterocycles. The van der Waals surface area contributed by atoms with Gasteiger partial charge >= 0.3 is 5.97 Å². The van der Waals surface area contributed by atoms with Crippen molar-refractivity contribution in [3.05, 3.63) is 53.1 Å². The van der Waals surface area contributed by atoms with Crippen LogP contribution in [0.25, 0.3) is 6.08 Å². The Morgan fingerprint density at radius 1 is 1.19 bits per heavy atom. The minimum Gasteiger partial charge on any atom is -0.495 e. The second-order valence-corrected chi connectivity index (χ2v) is 5.86. The zero-order valence-corrected chi connectivity index (χ0v) is 15.1. The fourth-order valence-corrected chi connectivity index (χ4v) is 2.56. The van der Waals surface area contributed by atoms with E-state index >= 15 is 0 Å². The van der Waals surface area contributed by atoms with E-state index in [0.29, 0.717) is 28.0 Å². The van der Waals surface area contributed by atoms with Gasteiger partial charge in [-0.3, -0.25) is 4.79 Å². The summed E-state index contributed by atoms with van der Waals surface area (Å²) >= 11 is 5.99. The Morgan fingerprint density at radius 3 is 2.78 bits per heavy atom. The van der Waals surface area contributed by atoms with Gasteiger partial charge in [0, 0.05) is 11.8 Å². The third-order valence-electron chi connectivity index (χ3n) is 3.59. The van der Waals surface area contributed by atoms with E-state index in [2.05, 4.69) is 5.32 Å². The summed E-state index contributed by atoms with van der Waals surface area (Å²) in [5.74, 6) is 0.638. The molecule has 0 bridgehead atoms. The van der Waals surface area contributed by atoms with E-state index in [1.807, 2.05) is 0 Å². The highest BCUT2D eigenvalue weighted by Gasteiger charge is 2.12. The summed E-state index contributed by atoms with van der Waals surface area (Å²) in [6.45, 7) is -0.243. The number of carbonyl (C=O) groups is 2. The Morgan fingerprint density at radius 2 is 2.00 bits per heavy atom. The summed E-state index contributed by atoms with van der Waals surface area (Å²) in [6, 6.07) is 10.1. The molecule has 7 nitrogen and oxygen atoms in total. The zero-order valence-electron chi connectivity index (χ0n) is 14.4. The highest BCUT2D eigenvalue weighted by Crippen LogP contribution is 2.32. The van der Waals surface area contributed by atoms with Crippen molar-refractivity contribution in [2.24, 2.45) is 0 Å². The Hall–Kier alpha value is -3.19. The van der Waals surface area contributed by atoms with Gasteiger partial charge in [-0.15, -0.1) is 0 Å². The molecule has 27 heavy (non-hydrogen) atoms. The van der Waals surface area contributed by atoms with Gasteiger partial charge in [0.25, 0.3) is 5.91 Å². The van der Waals surface area contributed by atoms with Crippen molar-refractivity contribution in [1.82, 2.24) is 0 Å². The quantitative estimate of drug-likeness (QED) is 0.603. The monoisotopic (exact) mass is 389 g/mol. The van der Waals surface area contributed by atoms with Gasteiger partial charge in [0.15, 0.2) is 18.1 Å². The van der Waals surface area contributed by atoms with Crippen molar-refractivity contribution in [1.29, 1.82) is 0 Å². The van der Waals surface area contributed by atoms with Crippen LogP contribution in [0.4, 0.5) is 5.69 Å². The number of anilines is 1. The van der Waals surface area contributed by atoms with E-state index in [9.17, 15) is 9.59 Å². The number of carbonyl (C=O) groups excluding carboxylic acids is 2. The predicted octanol–water partition coefficient (Wildman–Crippen LogP) is 3.27. The van der Waals surface area contributed by atoms with E-state index in [-0.39, 0.29) is 6.79 Å². The molecule has 0 atom stereocenters. The Bertz CT molecular complexity index is 896. The number of hydrogen-bond donors (Lipinski definition) is 1. The number of hydrogen-bond acceptors (Lipinski definition) is 6. The minimum atomic E-state index is -0.643. The summed E-state index contributed by atoms with van der Waals surface area (Å²) in [6.07, 6.45) is 2.79. The Balaban J connectivity index is 1.48. The first-order chi connectivity index (χ1) is 13.0. The molecular weight excluding hydrogens is 374 g/mol. The van der Waals surface area contributed by atoms with Crippen molar-refractivity contribution in [3.8, 4) is 17.2 Å². The van der Waals surface area contributed by atoms with Crippen LogP contribution in [0.3, 0.4) is 0 Å². The molecule has 140 valence electrons.